The molecule has 0 heterocycles. The molecule has 0 spiro atoms. The molecule has 0 aromatic rings. The van der Waals surface area contributed by atoms with Gasteiger partial charge in [-0.25, -0.2) is 0 Å². The fourth-order valence-corrected chi connectivity index (χ4v) is 10.6. The van der Waals surface area contributed by atoms with Crippen molar-refractivity contribution < 1.29 is 14.3 Å². The van der Waals surface area contributed by atoms with Crippen molar-refractivity contribution in [2.24, 2.45) is 44.3 Å². The van der Waals surface area contributed by atoms with E-state index in [-0.39, 0.29) is 28.3 Å². The number of hydrogen-bond acceptors (Lipinski definition) is 3. The minimum Gasteiger partial charge on any atom is -0.462 e. The fourth-order valence-electron chi connectivity index (χ4n) is 10.6. The Morgan fingerprint density at radius 1 is 0.829 bits per heavy atom. The number of esters is 1. The molecule has 0 aromatic heterocycles. The molecule has 0 aromatic carbocycles. The van der Waals surface area contributed by atoms with Gasteiger partial charge in [-0.3, -0.25) is 9.59 Å². The van der Waals surface area contributed by atoms with Gasteiger partial charge in [0.05, 0.1) is 0 Å². The third kappa shape index (κ3) is 3.34. The van der Waals surface area contributed by atoms with Crippen molar-refractivity contribution in [3.63, 3.8) is 0 Å². The molecule has 5 aliphatic rings. The molecule has 3 heteroatoms. The van der Waals surface area contributed by atoms with E-state index in [1.807, 2.05) is 0 Å². The summed E-state index contributed by atoms with van der Waals surface area (Å²) in [5.74, 6) is 1.26. The lowest BCUT2D eigenvalue weighted by Crippen LogP contribution is -2.65. The van der Waals surface area contributed by atoms with Gasteiger partial charge in [-0.1, -0.05) is 61.0 Å². The van der Waals surface area contributed by atoms with Crippen LogP contribution in [0.4, 0.5) is 0 Å². The van der Waals surface area contributed by atoms with Crippen molar-refractivity contribution in [3.8, 4) is 0 Å². The van der Waals surface area contributed by atoms with E-state index in [4.69, 9.17) is 4.74 Å². The Hall–Kier alpha value is -1.12. The maximum absolute atomic E-state index is 14.0. The van der Waals surface area contributed by atoms with Gasteiger partial charge in [-0.2, -0.15) is 0 Å². The van der Waals surface area contributed by atoms with Gasteiger partial charge < -0.3 is 4.74 Å². The number of rotatable bonds is 1. The highest BCUT2D eigenvalue weighted by molar-refractivity contribution is 5.99. The highest BCUT2D eigenvalue weighted by atomic mass is 16.5. The van der Waals surface area contributed by atoms with Crippen molar-refractivity contribution in [1.82, 2.24) is 0 Å². The van der Waals surface area contributed by atoms with Crippen LogP contribution in [0, 0.1) is 44.3 Å². The van der Waals surface area contributed by atoms with E-state index in [0.717, 1.165) is 24.3 Å². The summed E-state index contributed by atoms with van der Waals surface area (Å²) in [6.07, 6.45) is 11.3. The Kier molecular flexibility index (Phi) is 5.45. The van der Waals surface area contributed by atoms with Gasteiger partial charge in [0.25, 0.3) is 0 Å². The number of Topliss-reactive ketones (excluding diaryl/α,β-unsaturated/α-hetero) is 1. The maximum atomic E-state index is 14.0. The highest BCUT2D eigenvalue weighted by Gasteiger charge is 2.69. The molecule has 7 atom stereocenters. The van der Waals surface area contributed by atoms with E-state index in [9.17, 15) is 9.59 Å². The Bertz CT molecular complexity index is 987. The molecule has 0 saturated heterocycles. The van der Waals surface area contributed by atoms with Crippen molar-refractivity contribution in [1.29, 1.82) is 0 Å². The first kappa shape index (κ1) is 25.5. The van der Waals surface area contributed by atoms with E-state index < -0.39 is 5.41 Å². The average Bonchev–Trinajstić information content (AvgIpc) is 2.74. The molecular weight excluding hydrogens is 432 g/mol. The number of carbonyl (C=O) groups excluding carboxylic acids is 2. The number of fused-ring (bicyclic) bond motifs is 6. The quantitative estimate of drug-likeness (QED) is 0.355. The van der Waals surface area contributed by atoms with Crippen LogP contribution >= 0.6 is 0 Å². The van der Waals surface area contributed by atoms with Crippen LogP contribution in [0.3, 0.4) is 0 Å². The van der Waals surface area contributed by atoms with E-state index in [0.29, 0.717) is 29.0 Å². The molecule has 5 rings (SSSR count). The molecule has 5 aliphatic carbocycles. The van der Waals surface area contributed by atoms with Crippen molar-refractivity contribution in [2.45, 2.75) is 133 Å². The maximum Gasteiger partial charge on any atom is 0.302 e. The lowest BCUT2D eigenvalue weighted by Gasteiger charge is -2.72. The Labute approximate surface area is 214 Å². The second kappa shape index (κ2) is 7.47. The summed E-state index contributed by atoms with van der Waals surface area (Å²) in [6, 6.07) is 0. The zero-order valence-electron chi connectivity index (χ0n) is 24.0. The third-order valence-electron chi connectivity index (χ3n) is 13.0. The van der Waals surface area contributed by atoms with Gasteiger partial charge in [0.1, 0.15) is 6.10 Å². The van der Waals surface area contributed by atoms with Crippen LogP contribution in [0.25, 0.3) is 0 Å². The van der Waals surface area contributed by atoms with Crippen LogP contribution in [0.2, 0.25) is 0 Å². The predicted molar refractivity (Wildman–Crippen MR) is 141 cm³/mol. The number of hydrogen-bond donors (Lipinski definition) is 0. The summed E-state index contributed by atoms with van der Waals surface area (Å²) >= 11 is 0. The number of ketones is 1. The lowest BCUT2D eigenvalue weighted by atomic mass is 9.32. The summed E-state index contributed by atoms with van der Waals surface area (Å²) in [5, 5.41) is 0. The average molecular weight is 483 g/mol. The van der Waals surface area contributed by atoms with E-state index in [1.54, 1.807) is 0 Å². The van der Waals surface area contributed by atoms with Gasteiger partial charge in [-0.05, 0) is 96.7 Å². The summed E-state index contributed by atoms with van der Waals surface area (Å²) in [4.78, 5) is 25.9. The molecule has 0 bridgehead atoms. The molecular formula is C32H50O3. The molecule has 3 saturated carbocycles. The Balaban J connectivity index is 1.58. The van der Waals surface area contributed by atoms with E-state index in [1.165, 1.54) is 57.4 Å². The lowest BCUT2D eigenvalue weighted by molar-refractivity contribution is -0.217. The molecule has 3 nitrogen and oxygen atoms in total. The first-order valence-corrected chi connectivity index (χ1v) is 14.4. The highest BCUT2D eigenvalue weighted by Crippen LogP contribution is 2.76. The summed E-state index contributed by atoms with van der Waals surface area (Å²) in [5.41, 5.74) is 3.44. The van der Waals surface area contributed by atoms with Crippen LogP contribution in [0.5, 0.6) is 0 Å². The molecule has 0 amide bonds. The third-order valence-corrected chi connectivity index (χ3v) is 13.0. The first-order valence-electron chi connectivity index (χ1n) is 14.4. The van der Waals surface area contributed by atoms with Crippen LogP contribution < -0.4 is 0 Å². The van der Waals surface area contributed by atoms with Crippen molar-refractivity contribution in [2.75, 3.05) is 0 Å². The fraction of sp³-hybridized carbons (Fsp3) is 0.875. The van der Waals surface area contributed by atoms with Crippen LogP contribution in [0.15, 0.2) is 11.1 Å². The standard InChI is InChI=1S/C32H50O3/c1-20(33)35-25-11-10-21-26(28(25,4)5)22(34)18-23-30(21,7)15-17-32(9)24-19-27(2,3)12-13-29(24,6)14-16-31(23,32)8/h23-25H,10-19H2,1-9H3. The van der Waals surface area contributed by atoms with E-state index in [2.05, 4.69) is 55.4 Å². The first-order chi connectivity index (χ1) is 16.0. The van der Waals surface area contributed by atoms with Gasteiger partial charge in [-0.15, -0.1) is 0 Å². The monoisotopic (exact) mass is 482 g/mol. The van der Waals surface area contributed by atoms with Crippen LogP contribution in [-0.4, -0.2) is 17.9 Å². The van der Waals surface area contributed by atoms with Gasteiger partial charge in [0, 0.05) is 24.3 Å². The molecule has 0 aliphatic heterocycles. The van der Waals surface area contributed by atoms with Gasteiger partial charge >= 0.3 is 5.97 Å². The molecule has 3 fully saturated rings. The molecule has 0 N–H and O–H groups in total. The predicted octanol–water partition coefficient (Wildman–Crippen LogP) is 8.06. The van der Waals surface area contributed by atoms with Crippen molar-refractivity contribution >= 4 is 11.8 Å². The number of carbonyl (C=O) groups is 2. The Morgan fingerprint density at radius 3 is 2.09 bits per heavy atom. The van der Waals surface area contributed by atoms with Gasteiger partial charge in [0.2, 0.25) is 0 Å². The molecule has 35 heavy (non-hydrogen) atoms. The zero-order chi connectivity index (χ0) is 25.8. The molecule has 7 unspecified atom stereocenters. The number of allylic oxidation sites excluding steroid dienone is 1. The normalized spacial score (nSPS) is 48.3. The second-order valence-corrected chi connectivity index (χ2v) is 15.7. The summed E-state index contributed by atoms with van der Waals surface area (Å²) in [7, 11) is 0. The minimum atomic E-state index is -0.412. The Morgan fingerprint density at radius 2 is 1.43 bits per heavy atom. The van der Waals surface area contributed by atoms with Gasteiger partial charge in [0.15, 0.2) is 5.78 Å². The smallest absolute Gasteiger partial charge is 0.302 e. The minimum absolute atomic E-state index is 0.0773. The summed E-state index contributed by atoms with van der Waals surface area (Å²) in [6.45, 7) is 21.1. The zero-order valence-corrected chi connectivity index (χ0v) is 24.0. The summed E-state index contributed by atoms with van der Waals surface area (Å²) < 4.78 is 5.76. The van der Waals surface area contributed by atoms with E-state index >= 15 is 0 Å². The van der Waals surface area contributed by atoms with Crippen molar-refractivity contribution in [3.05, 3.63) is 11.1 Å². The second-order valence-electron chi connectivity index (χ2n) is 15.7. The SMILES string of the molecule is CC(=O)OC1CCC2=C(C(=O)CC3C2(C)CCC2(C)C4CC(C)(C)CCC4(C)CCC32C)C1(C)C. The molecule has 196 valence electrons. The number of ether oxygens (including phenoxy) is 1. The van der Waals surface area contributed by atoms with Crippen LogP contribution in [0.1, 0.15) is 127 Å². The molecule has 0 radical (unpaired) electrons. The topological polar surface area (TPSA) is 43.4 Å². The van der Waals surface area contributed by atoms with Crippen LogP contribution in [-0.2, 0) is 14.3 Å². The largest absolute Gasteiger partial charge is 0.462 e.